The highest BCUT2D eigenvalue weighted by atomic mass is 32.1. The topological polar surface area (TPSA) is 66.9 Å². The zero-order valence-corrected chi connectivity index (χ0v) is 13.5. The molecule has 0 saturated heterocycles. The van der Waals surface area contributed by atoms with Gasteiger partial charge in [-0.1, -0.05) is 30.4 Å². The molecule has 1 amide bonds. The van der Waals surface area contributed by atoms with Crippen LogP contribution in [0.3, 0.4) is 0 Å². The first-order valence-corrected chi connectivity index (χ1v) is 7.78. The lowest BCUT2D eigenvalue weighted by Gasteiger charge is -2.16. The predicted molar refractivity (Wildman–Crippen MR) is 86.9 cm³/mol. The molecule has 0 aliphatic carbocycles. The van der Waals surface area contributed by atoms with Gasteiger partial charge < -0.3 is 5.32 Å². The molecule has 2 aromatic rings. The van der Waals surface area contributed by atoms with Crippen molar-refractivity contribution in [2.45, 2.75) is 40.2 Å². The van der Waals surface area contributed by atoms with E-state index in [1.165, 1.54) is 11.3 Å². The molecule has 0 radical (unpaired) electrons. The molecule has 0 fully saturated rings. The van der Waals surface area contributed by atoms with Crippen molar-refractivity contribution in [2.75, 3.05) is 10.6 Å². The molecule has 6 heteroatoms. The van der Waals surface area contributed by atoms with Crippen LogP contribution in [0.1, 0.15) is 30.0 Å². The van der Waals surface area contributed by atoms with Crippen LogP contribution in [0.15, 0.2) is 18.2 Å². The quantitative estimate of drug-likeness (QED) is 0.890. The van der Waals surface area contributed by atoms with Gasteiger partial charge in [-0.2, -0.15) is 0 Å². The number of aryl methyl sites for hydroxylation is 3. The van der Waals surface area contributed by atoms with Crippen molar-refractivity contribution in [3.05, 3.63) is 34.3 Å². The fourth-order valence-electron chi connectivity index (χ4n) is 1.85. The normalized spacial score (nSPS) is 12.0. The lowest BCUT2D eigenvalue weighted by Crippen LogP contribution is -2.32. The summed E-state index contributed by atoms with van der Waals surface area (Å²) in [6.07, 6.45) is 0.823. The molecular weight excluding hydrogens is 284 g/mol. The summed E-state index contributed by atoms with van der Waals surface area (Å²) in [4.78, 5) is 12.2. The van der Waals surface area contributed by atoms with Gasteiger partial charge in [0.2, 0.25) is 11.0 Å². The number of carbonyl (C=O) groups excluding carboxylic acids is 1. The predicted octanol–water partition coefficient (Wildman–Crippen LogP) is 3.16. The SMILES string of the molecule is CCc1nnc(NC(=O)[C@H](C)Nc2cc(C)ccc2C)s1. The summed E-state index contributed by atoms with van der Waals surface area (Å²) in [5.41, 5.74) is 3.25. The van der Waals surface area contributed by atoms with Crippen molar-refractivity contribution < 1.29 is 4.79 Å². The Morgan fingerprint density at radius 1 is 1.33 bits per heavy atom. The van der Waals surface area contributed by atoms with E-state index in [2.05, 4.69) is 26.9 Å². The van der Waals surface area contributed by atoms with E-state index < -0.39 is 0 Å². The number of anilines is 2. The Kier molecular flexibility index (Phi) is 4.90. The second kappa shape index (κ2) is 6.67. The van der Waals surface area contributed by atoms with Crippen LogP contribution in [0.25, 0.3) is 0 Å². The molecule has 0 unspecified atom stereocenters. The Morgan fingerprint density at radius 2 is 2.10 bits per heavy atom. The first kappa shape index (κ1) is 15.4. The molecule has 5 nitrogen and oxygen atoms in total. The lowest BCUT2D eigenvalue weighted by atomic mass is 10.1. The molecule has 0 saturated carbocycles. The molecule has 21 heavy (non-hydrogen) atoms. The van der Waals surface area contributed by atoms with Crippen LogP contribution < -0.4 is 10.6 Å². The summed E-state index contributed by atoms with van der Waals surface area (Å²) >= 11 is 1.41. The molecule has 1 aromatic heterocycles. The molecule has 2 N–H and O–H groups in total. The Balaban J connectivity index is 2.00. The third kappa shape index (κ3) is 4.01. The van der Waals surface area contributed by atoms with Crippen LogP contribution in [-0.2, 0) is 11.2 Å². The van der Waals surface area contributed by atoms with Crippen LogP contribution >= 0.6 is 11.3 Å². The number of nitrogens with zero attached hydrogens (tertiary/aromatic N) is 2. The zero-order valence-electron chi connectivity index (χ0n) is 12.7. The number of rotatable bonds is 5. The third-order valence-corrected chi connectivity index (χ3v) is 4.14. The number of aromatic nitrogens is 2. The smallest absolute Gasteiger partial charge is 0.248 e. The zero-order chi connectivity index (χ0) is 15.4. The Labute approximate surface area is 128 Å². The van der Waals surface area contributed by atoms with Gasteiger partial charge >= 0.3 is 0 Å². The minimum atomic E-state index is -0.348. The Bertz CT molecular complexity index is 638. The molecule has 0 spiro atoms. The Morgan fingerprint density at radius 3 is 2.76 bits per heavy atom. The molecule has 1 aromatic carbocycles. The average Bonchev–Trinajstić information content (AvgIpc) is 2.90. The van der Waals surface area contributed by atoms with Gasteiger partial charge in [0.25, 0.3) is 0 Å². The van der Waals surface area contributed by atoms with Crippen LogP contribution in [-0.4, -0.2) is 22.1 Å². The van der Waals surface area contributed by atoms with Gasteiger partial charge in [0, 0.05) is 5.69 Å². The highest BCUT2D eigenvalue weighted by molar-refractivity contribution is 7.15. The van der Waals surface area contributed by atoms with Crippen molar-refractivity contribution in [3.8, 4) is 0 Å². The number of hydrogen-bond donors (Lipinski definition) is 2. The maximum Gasteiger partial charge on any atom is 0.248 e. The van der Waals surface area contributed by atoms with E-state index in [0.29, 0.717) is 5.13 Å². The molecule has 0 aliphatic rings. The van der Waals surface area contributed by atoms with E-state index in [9.17, 15) is 4.79 Å². The number of amides is 1. The van der Waals surface area contributed by atoms with Crippen LogP contribution in [0.5, 0.6) is 0 Å². The fraction of sp³-hybridized carbons (Fsp3) is 0.400. The van der Waals surface area contributed by atoms with E-state index in [0.717, 1.165) is 28.2 Å². The van der Waals surface area contributed by atoms with Gasteiger partial charge in [0.1, 0.15) is 11.0 Å². The maximum atomic E-state index is 12.2. The van der Waals surface area contributed by atoms with Crippen LogP contribution in [0.2, 0.25) is 0 Å². The van der Waals surface area contributed by atoms with Crippen molar-refractivity contribution in [1.82, 2.24) is 10.2 Å². The highest BCUT2D eigenvalue weighted by Gasteiger charge is 2.15. The minimum Gasteiger partial charge on any atom is -0.374 e. The van der Waals surface area contributed by atoms with Gasteiger partial charge in [-0.3, -0.25) is 10.1 Å². The molecule has 0 bridgehead atoms. The number of carbonyl (C=O) groups is 1. The molecule has 112 valence electrons. The minimum absolute atomic E-state index is 0.116. The lowest BCUT2D eigenvalue weighted by molar-refractivity contribution is -0.116. The number of nitrogens with one attached hydrogen (secondary N) is 2. The van der Waals surface area contributed by atoms with Crippen molar-refractivity contribution in [1.29, 1.82) is 0 Å². The molecule has 0 aliphatic heterocycles. The maximum absolute atomic E-state index is 12.2. The summed E-state index contributed by atoms with van der Waals surface area (Å²) in [5.74, 6) is -0.116. The molecule has 1 atom stereocenters. The summed E-state index contributed by atoms with van der Waals surface area (Å²) in [6, 6.07) is 5.79. The molecular formula is C15H20N4OS. The number of benzene rings is 1. The second-order valence-electron chi connectivity index (χ2n) is 5.03. The highest BCUT2D eigenvalue weighted by Crippen LogP contribution is 2.19. The summed E-state index contributed by atoms with van der Waals surface area (Å²) in [7, 11) is 0. The van der Waals surface area contributed by atoms with Crippen LogP contribution in [0.4, 0.5) is 10.8 Å². The van der Waals surface area contributed by atoms with Gasteiger partial charge in [-0.15, -0.1) is 10.2 Å². The first-order chi connectivity index (χ1) is 9.99. The van der Waals surface area contributed by atoms with Crippen molar-refractivity contribution in [2.24, 2.45) is 0 Å². The summed E-state index contributed by atoms with van der Waals surface area (Å²) in [5, 5.41) is 15.4. The van der Waals surface area contributed by atoms with Crippen LogP contribution in [0, 0.1) is 13.8 Å². The van der Waals surface area contributed by atoms with Gasteiger partial charge in [0.05, 0.1) is 0 Å². The van der Waals surface area contributed by atoms with Gasteiger partial charge in [-0.05, 0) is 44.4 Å². The molecule has 2 rings (SSSR count). The second-order valence-corrected chi connectivity index (χ2v) is 6.09. The van der Waals surface area contributed by atoms with Crippen molar-refractivity contribution >= 4 is 28.1 Å². The first-order valence-electron chi connectivity index (χ1n) is 6.96. The van der Waals surface area contributed by atoms with E-state index >= 15 is 0 Å². The monoisotopic (exact) mass is 304 g/mol. The standard InChI is InChI=1S/C15H20N4OS/c1-5-13-18-19-15(21-13)17-14(20)11(4)16-12-8-9(2)6-7-10(12)3/h6-8,11,16H,5H2,1-4H3,(H,17,19,20)/t11-/m0/s1. The Hall–Kier alpha value is -1.95. The van der Waals surface area contributed by atoms with Gasteiger partial charge in [-0.25, -0.2) is 0 Å². The molecule has 1 heterocycles. The fourth-order valence-corrected chi connectivity index (χ4v) is 2.53. The summed E-state index contributed by atoms with van der Waals surface area (Å²) in [6.45, 7) is 7.89. The largest absolute Gasteiger partial charge is 0.374 e. The van der Waals surface area contributed by atoms with Gasteiger partial charge in [0.15, 0.2) is 0 Å². The van der Waals surface area contributed by atoms with E-state index in [1.807, 2.05) is 39.8 Å². The average molecular weight is 304 g/mol. The summed E-state index contributed by atoms with van der Waals surface area (Å²) < 4.78 is 0. The van der Waals surface area contributed by atoms with Crippen molar-refractivity contribution in [3.63, 3.8) is 0 Å². The van der Waals surface area contributed by atoms with E-state index in [4.69, 9.17) is 0 Å². The number of hydrogen-bond acceptors (Lipinski definition) is 5. The third-order valence-electron chi connectivity index (χ3n) is 3.16. The van der Waals surface area contributed by atoms with E-state index in [1.54, 1.807) is 0 Å². The van der Waals surface area contributed by atoms with E-state index in [-0.39, 0.29) is 11.9 Å².